The Labute approximate surface area is 208 Å². The first kappa shape index (κ1) is 25.3. The number of benzene rings is 1. The molecule has 2 aliphatic heterocycles. The highest BCUT2D eigenvalue weighted by Gasteiger charge is 2.44. The average molecular weight is 532 g/mol. The minimum Gasteiger partial charge on any atom is -0.369 e. The molecule has 3 aromatic rings. The maximum Gasteiger partial charge on any atom is 0.401 e. The molecule has 1 fully saturated rings. The number of aromatic amines is 1. The second-order valence-corrected chi connectivity index (χ2v) is 10.8. The van der Waals surface area contributed by atoms with E-state index < -0.39 is 48.7 Å². The van der Waals surface area contributed by atoms with E-state index in [-0.39, 0.29) is 11.9 Å². The van der Waals surface area contributed by atoms with Gasteiger partial charge >= 0.3 is 6.18 Å². The van der Waals surface area contributed by atoms with Gasteiger partial charge < -0.3 is 10.3 Å². The Morgan fingerprint density at radius 1 is 1.22 bits per heavy atom. The molecule has 0 amide bonds. The van der Waals surface area contributed by atoms with E-state index in [2.05, 4.69) is 15.3 Å². The summed E-state index contributed by atoms with van der Waals surface area (Å²) in [5.74, 6) is -1.85. The monoisotopic (exact) mass is 531 g/mol. The molecule has 0 aliphatic carbocycles. The number of thiazole rings is 1. The number of nitrogens with zero attached hydrogens (tertiary/aromatic N) is 3. The van der Waals surface area contributed by atoms with Crippen LogP contribution in [0.1, 0.15) is 47.6 Å². The summed E-state index contributed by atoms with van der Waals surface area (Å²) in [6.07, 6.45) is -3.30. The minimum absolute atomic E-state index is 0.172. The molecule has 1 aromatic carbocycles. The molecule has 2 aliphatic rings. The lowest BCUT2D eigenvalue weighted by Crippen LogP contribution is -2.52. The van der Waals surface area contributed by atoms with Crippen LogP contribution in [-0.2, 0) is 6.42 Å². The molecule has 5 nitrogen and oxygen atoms in total. The lowest BCUT2D eigenvalue weighted by Gasteiger charge is -2.42. The molecule has 5 rings (SSSR count). The molecular weight excluding hydrogens is 504 g/mol. The Bertz CT molecular complexity index is 1230. The molecule has 0 radical (unpaired) electrons. The number of hydrogen-bond donors (Lipinski definition) is 2. The van der Waals surface area contributed by atoms with Gasteiger partial charge in [-0.05, 0) is 50.8 Å². The van der Waals surface area contributed by atoms with Crippen LogP contribution in [0, 0.1) is 18.6 Å². The van der Waals surface area contributed by atoms with Crippen molar-refractivity contribution >= 4 is 27.4 Å². The number of aryl methyl sites for hydroxylation is 1. The summed E-state index contributed by atoms with van der Waals surface area (Å²) in [6, 6.07) is 0.359. The van der Waals surface area contributed by atoms with E-state index in [1.54, 1.807) is 6.92 Å². The predicted molar refractivity (Wildman–Crippen MR) is 127 cm³/mol. The highest BCUT2D eigenvalue weighted by molar-refractivity contribution is 7.18. The van der Waals surface area contributed by atoms with Gasteiger partial charge in [0.15, 0.2) is 0 Å². The number of rotatable bonds is 7. The molecule has 2 N–H and O–H groups in total. The van der Waals surface area contributed by atoms with Crippen molar-refractivity contribution in [3.63, 3.8) is 0 Å². The minimum atomic E-state index is -4.55. The number of H-pyrrole nitrogens is 1. The molecule has 4 heterocycles. The first-order valence-corrected chi connectivity index (χ1v) is 12.7. The van der Waals surface area contributed by atoms with E-state index in [0.717, 1.165) is 45.3 Å². The van der Waals surface area contributed by atoms with Gasteiger partial charge in [0.1, 0.15) is 17.3 Å². The molecule has 1 saturated heterocycles. The van der Waals surface area contributed by atoms with Crippen molar-refractivity contribution in [3.8, 4) is 0 Å². The van der Waals surface area contributed by atoms with Crippen molar-refractivity contribution in [3.05, 3.63) is 45.6 Å². The van der Waals surface area contributed by atoms with Crippen LogP contribution < -0.4 is 5.32 Å². The highest BCUT2D eigenvalue weighted by Crippen LogP contribution is 2.45. The normalized spacial score (nSPS) is 23.2. The first-order chi connectivity index (χ1) is 17.1. The maximum atomic E-state index is 15.6. The van der Waals surface area contributed by atoms with E-state index in [4.69, 9.17) is 0 Å². The number of hydrogen-bond acceptors (Lipinski definition) is 5. The Hall–Kier alpha value is -2.31. The summed E-state index contributed by atoms with van der Waals surface area (Å²) >= 11 is 1.41. The van der Waals surface area contributed by atoms with Crippen LogP contribution in [0.4, 0.5) is 32.0 Å². The predicted octanol–water partition coefficient (Wildman–Crippen LogP) is 5.91. The van der Waals surface area contributed by atoms with Gasteiger partial charge in [-0.3, -0.25) is 14.2 Å². The van der Waals surface area contributed by atoms with Crippen molar-refractivity contribution in [1.82, 2.24) is 19.8 Å². The van der Waals surface area contributed by atoms with Crippen molar-refractivity contribution < 1.29 is 26.3 Å². The summed E-state index contributed by atoms with van der Waals surface area (Å²) in [5.41, 5.74) is 1.39. The van der Waals surface area contributed by atoms with Gasteiger partial charge in [-0.2, -0.15) is 13.2 Å². The topological polar surface area (TPSA) is 47.2 Å². The van der Waals surface area contributed by atoms with Gasteiger partial charge in [0.05, 0.1) is 35.1 Å². The van der Waals surface area contributed by atoms with Crippen LogP contribution in [0.2, 0.25) is 0 Å². The Kier molecular flexibility index (Phi) is 6.71. The van der Waals surface area contributed by atoms with E-state index in [1.807, 2.05) is 11.8 Å². The lowest BCUT2D eigenvalue weighted by atomic mass is 9.89. The maximum absolute atomic E-state index is 15.6. The highest BCUT2D eigenvalue weighted by atomic mass is 32.1. The fourth-order valence-corrected chi connectivity index (χ4v) is 6.27. The Morgan fingerprint density at radius 3 is 2.56 bits per heavy atom. The standard InChI is InChI=1S/C24H27F6N5S/c1-12-8-15-20(33-23-22(15)36-13(2)31-23)21(35(12)11-24(28,29)30)19-16(26)9-14(10-17(19)27)32-18-4-7-34(18)6-3-5-25/h9-10,12,18,21,32-33H,3-8,11H2,1-2H3/t12-,18?,21-/m1/s1. The van der Waals surface area contributed by atoms with Crippen molar-refractivity contribution in [2.45, 2.75) is 57.5 Å². The molecular formula is C24H27F6N5S. The van der Waals surface area contributed by atoms with E-state index in [9.17, 15) is 17.6 Å². The summed E-state index contributed by atoms with van der Waals surface area (Å²) in [5, 5.41) is 3.86. The van der Waals surface area contributed by atoms with E-state index in [1.165, 1.54) is 11.3 Å². The molecule has 0 saturated carbocycles. The van der Waals surface area contributed by atoms with Gasteiger partial charge in [-0.25, -0.2) is 13.8 Å². The van der Waals surface area contributed by atoms with Gasteiger partial charge in [-0.1, -0.05) is 0 Å². The number of aromatic nitrogens is 2. The van der Waals surface area contributed by atoms with E-state index in [0.29, 0.717) is 30.7 Å². The zero-order valence-electron chi connectivity index (χ0n) is 19.9. The molecule has 36 heavy (non-hydrogen) atoms. The van der Waals surface area contributed by atoms with Gasteiger partial charge in [0.2, 0.25) is 0 Å². The molecule has 0 spiro atoms. The fourth-order valence-electron chi connectivity index (χ4n) is 5.33. The van der Waals surface area contributed by atoms with Crippen LogP contribution in [0.5, 0.6) is 0 Å². The number of nitrogens with one attached hydrogen (secondary N) is 2. The summed E-state index contributed by atoms with van der Waals surface area (Å²) in [6.45, 7) is 3.02. The van der Waals surface area contributed by atoms with Crippen LogP contribution in [0.15, 0.2) is 12.1 Å². The lowest BCUT2D eigenvalue weighted by molar-refractivity contribution is -0.155. The number of alkyl halides is 4. The summed E-state index contributed by atoms with van der Waals surface area (Å²) in [4.78, 5) is 10.6. The van der Waals surface area contributed by atoms with E-state index >= 15 is 8.78 Å². The van der Waals surface area contributed by atoms with Crippen LogP contribution >= 0.6 is 11.3 Å². The largest absolute Gasteiger partial charge is 0.401 e. The number of anilines is 1. The van der Waals surface area contributed by atoms with Crippen LogP contribution in [0.3, 0.4) is 0 Å². The molecule has 2 aromatic heterocycles. The Balaban J connectivity index is 1.53. The summed E-state index contributed by atoms with van der Waals surface area (Å²) < 4.78 is 85.1. The van der Waals surface area contributed by atoms with Gasteiger partial charge in [0.25, 0.3) is 0 Å². The third kappa shape index (κ3) is 4.70. The first-order valence-electron chi connectivity index (χ1n) is 11.9. The second kappa shape index (κ2) is 9.53. The van der Waals surface area contributed by atoms with Crippen molar-refractivity contribution in [2.24, 2.45) is 0 Å². The van der Waals surface area contributed by atoms with Crippen molar-refractivity contribution in [2.75, 3.05) is 31.6 Å². The number of halogens is 6. The van der Waals surface area contributed by atoms with Crippen LogP contribution in [0.25, 0.3) is 10.3 Å². The molecule has 12 heteroatoms. The molecule has 1 unspecified atom stereocenters. The quantitative estimate of drug-likeness (QED) is 0.372. The smallest absolute Gasteiger partial charge is 0.369 e. The zero-order chi connectivity index (χ0) is 25.8. The summed E-state index contributed by atoms with van der Waals surface area (Å²) in [7, 11) is 0. The SMILES string of the molecule is Cc1nc2[nH]c3c(c2s1)C[C@@H](C)N(CC(F)(F)F)[C@@H]3c1c(F)cc(NC2CCN2CCCF)cc1F. The van der Waals surface area contributed by atoms with Crippen LogP contribution in [-0.4, -0.2) is 64.5 Å². The number of fused-ring (bicyclic) bond motifs is 3. The third-order valence-corrected chi connectivity index (χ3v) is 8.04. The molecule has 0 bridgehead atoms. The fraction of sp³-hybridized carbons (Fsp3) is 0.542. The molecule has 3 atom stereocenters. The van der Waals surface area contributed by atoms with Crippen molar-refractivity contribution in [1.29, 1.82) is 0 Å². The molecule has 196 valence electrons. The van der Waals surface area contributed by atoms with Gasteiger partial charge in [-0.15, -0.1) is 11.3 Å². The van der Waals surface area contributed by atoms with Gasteiger partial charge in [0, 0.05) is 36.1 Å². The third-order valence-electron chi connectivity index (χ3n) is 7.01. The zero-order valence-corrected chi connectivity index (χ0v) is 20.7. The average Bonchev–Trinajstić information content (AvgIpc) is 3.28. The second-order valence-electron chi connectivity index (χ2n) is 9.55. The Morgan fingerprint density at radius 2 is 1.94 bits per heavy atom. The number of likely N-dealkylation sites (tertiary alicyclic amines) is 1.